The average molecular weight is 469 g/mol. The molecule has 3 rings (SSSR count). The van der Waals surface area contributed by atoms with E-state index in [9.17, 15) is 19.8 Å². The molecule has 1 aromatic carbocycles. The zero-order valence-corrected chi connectivity index (χ0v) is 19.7. The molecule has 2 saturated heterocycles. The zero-order chi connectivity index (χ0) is 22.4. The van der Waals surface area contributed by atoms with Gasteiger partial charge in [-0.3, -0.25) is 10.1 Å². The number of likely N-dealkylation sites (tertiary alicyclic amines) is 1. The number of aliphatic carboxylic acids is 1. The maximum atomic E-state index is 13.2. The topological polar surface area (TPSA) is 99.1 Å². The van der Waals surface area contributed by atoms with Crippen molar-refractivity contribution in [1.82, 2.24) is 10.2 Å². The van der Waals surface area contributed by atoms with Crippen LogP contribution < -0.4 is 5.32 Å². The summed E-state index contributed by atoms with van der Waals surface area (Å²) in [6.45, 7) is 4.34. The molecule has 172 valence electrons. The van der Waals surface area contributed by atoms with Gasteiger partial charge in [0.15, 0.2) is 6.29 Å². The zero-order valence-electron chi connectivity index (χ0n) is 18.0. The summed E-state index contributed by atoms with van der Waals surface area (Å²) in [5, 5.41) is 23.4. The summed E-state index contributed by atoms with van der Waals surface area (Å²) in [6.07, 6.45) is 0.724. The molecule has 0 aliphatic carbocycles. The highest BCUT2D eigenvalue weighted by atomic mass is 32.2. The van der Waals surface area contributed by atoms with E-state index in [1.54, 1.807) is 30.4 Å². The van der Waals surface area contributed by atoms with Crippen molar-refractivity contribution in [3.8, 4) is 0 Å². The molecule has 2 aliphatic rings. The Morgan fingerprint density at radius 2 is 1.97 bits per heavy atom. The minimum absolute atomic E-state index is 0.212. The normalized spacial score (nSPS) is 23.1. The number of nitrogens with one attached hydrogen (secondary N) is 1. The van der Waals surface area contributed by atoms with E-state index < -0.39 is 30.4 Å². The number of benzene rings is 1. The van der Waals surface area contributed by atoms with E-state index in [-0.39, 0.29) is 9.99 Å². The number of carbonyl (C=O) groups is 2. The van der Waals surface area contributed by atoms with Gasteiger partial charge in [0.1, 0.15) is 6.04 Å². The lowest BCUT2D eigenvalue weighted by Gasteiger charge is -2.30. The summed E-state index contributed by atoms with van der Waals surface area (Å²) in [7, 11) is 0. The highest BCUT2D eigenvalue weighted by Crippen LogP contribution is 2.51. The number of thioether (sulfide) groups is 2. The van der Waals surface area contributed by atoms with Crippen LogP contribution in [0.1, 0.15) is 32.3 Å². The summed E-state index contributed by atoms with van der Waals surface area (Å²) in [5.74, 6) is 0.760. The fourth-order valence-corrected chi connectivity index (χ4v) is 7.46. The standard InChI is InChI=1S/C22H32N2O5S2/c1-3-29-21(28)17(10-9-16-7-5-4-6-8-16)23-15(2)19(25)24-14-22(30-11-12-31-22)13-18(24)20(26)27/h4-8,15,17-18,21,23,28H,3,9-14H2,1-2H3,(H,26,27). The quantitative estimate of drug-likeness (QED) is 0.450. The molecule has 0 bridgehead atoms. The van der Waals surface area contributed by atoms with E-state index in [0.29, 0.717) is 26.0 Å². The second-order valence-corrected chi connectivity index (χ2v) is 11.2. The van der Waals surface area contributed by atoms with E-state index in [1.807, 2.05) is 37.3 Å². The van der Waals surface area contributed by atoms with Crippen molar-refractivity contribution in [3.63, 3.8) is 0 Å². The summed E-state index contributed by atoms with van der Waals surface area (Å²) < 4.78 is 5.19. The highest BCUT2D eigenvalue weighted by molar-refractivity contribution is 8.21. The first kappa shape index (κ1) is 24.4. The van der Waals surface area contributed by atoms with Crippen molar-refractivity contribution < 1.29 is 24.5 Å². The lowest BCUT2D eigenvalue weighted by molar-refractivity contribution is -0.150. The van der Waals surface area contributed by atoms with Crippen LogP contribution in [0.2, 0.25) is 0 Å². The van der Waals surface area contributed by atoms with Crippen molar-refractivity contribution in [3.05, 3.63) is 35.9 Å². The predicted octanol–water partition coefficient (Wildman–Crippen LogP) is 2.18. The summed E-state index contributed by atoms with van der Waals surface area (Å²) in [4.78, 5) is 26.6. The number of hydrogen-bond acceptors (Lipinski definition) is 7. The molecule has 9 heteroatoms. The third-order valence-electron chi connectivity index (χ3n) is 5.78. The highest BCUT2D eigenvalue weighted by Gasteiger charge is 2.52. The minimum atomic E-state index is -1.05. The Labute approximate surface area is 192 Å². The number of carboxylic acids is 1. The second-order valence-electron chi connectivity index (χ2n) is 8.00. The van der Waals surface area contributed by atoms with E-state index >= 15 is 0 Å². The van der Waals surface area contributed by atoms with Crippen LogP contribution in [0.4, 0.5) is 0 Å². The first-order valence-corrected chi connectivity index (χ1v) is 12.7. The Balaban J connectivity index is 1.66. The van der Waals surface area contributed by atoms with Crippen molar-refractivity contribution in [2.45, 2.75) is 61.6 Å². The van der Waals surface area contributed by atoms with E-state index in [1.165, 1.54) is 4.90 Å². The Morgan fingerprint density at radius 3 is 2.58 bits per heavy atom. The molecule has 31 heavy (non-hydrogen) atoms. The molecule has 2 aliphatic heterocycles. The fourth-order valence-electron chi connectivity index (χ4n) is 4.20. The van der Waals surface area contributed by atoms with Crippen LogP contribution in [0.3, 0.4) is 0 Å². The largest absolute Gasteiger partial charge is 0.480 e. The number of aliphatic hydroxyl groups is 1. The molecule has 1 spiro atoms. The van der Waals surface area contributed by atoms with E-state index in [0.717, 1.165) is 23.5 Å². The lowest BCUT2D eigenvalue weighted by Crippen LogP contribution is -2.54. The maximum absolute atomic E-state index is 13.2. The van der Waals surface area contributed by atoms with Gasteiger partial charge in [-0.25, -0.2) is 4.79 Å². The average Bonchev–Trinajstić information content (AvgIpc) is 3.38. The van der Waals surface area contributed by atoms with Gasteiger partial charge in [0.25, 0.3) is 0 Å². The third kappa shape index (κ3) is 6.16. The molecule has 2 heterocycles. The molecule has 0 radical (unpaired) electrons. The number of carboxylic acid groups (broad SMARTS) is 1. The number of aliphatic hydroxyl groups excluding tert-OH is 1. The molecule has 0 aromatic heterocycles. The molecule has 1 aromatic rings. The number of hydrogen-bond donors (Lipinski definition) is 3. The molecular weight excluding hydrogens is 436 g/mol. The Morgan fingerprint density at radius 1 is 1.29 bits per heavy atom. The predicted molar refractivity (Wildman–Crippen MR) is 124 cm³/mol. The Bertz CT molecular complexity index is 745. The number of amides is 1. The molecular formula is C22H32N2O5S2. The molecule has 7 nitrogen and oxygen atoms in total. The fraction of sp³-hybridized carbons (Fsp3) is 0.636. The summed E-state index contributed by atoms with van der Waals surface area (Å²) in [5.41, 5.74) is 1.14. The van der Waals surface area contributed by atoms with Gasteiger partial charge >= 0.3 is 5.97 Å². The van der Waals surface area contributed by atoms with Crippen LogP contribution in [0.5, 0.6) is 0 Å². The van der Waals surface area contributed by atoms with Gasteiger partial charge in [-0.1, -0.05) is 30.3 Å². The van der Waals surface area contributed by atoms with Crippen LogP contribution in [0.15, 0.2) is 30.3 Å². The van der Waals surface area contributed by atoms with Gasteiger partial charge in [0.05, 0.1) is 16.2 Å². The number of aryl methyl sites for hydroxylation is 1. The van der Waals surface area contributed by atoms with Crippen molar-refractivity contribution in [2.24, 2.45) is 0 Å². The Hall–Kier alpha value is -1.26. The maximum Gasteiger partial charge on any atom is 0.326 e. The summed E-state index contributed by atoms with van der Waals surface area (Å²) >= 11 is 3.53. The van der Waals surface area contributed by atoms with Crippen molar-refractivity contribution in [2.75, 3.05) is 24.7 Å². The van der Waals surface area contributed by atoms with Gasteiger partial charge in [-0.15, -0.1) is 23.5 Å². The molecule has 4 atom stereocenters. The second kappa shape index (κ2) is 11.0. The van der Waals surface area contributed by atoms with Crippen LogP contribution in [-0.4, -0.2) is 80.1 Å². The molecule has 4 unspecified atom stereocenters. The first-order chi connectivity index (χ1) is 14.8. The number of carbonyl (C=O) groups excluding carboxylic acids is 1. The van der Waals surface area contributed by atoms with E-state index in [4.69, 9.17) is 4.74 Å². The van der Waals surface area contributed by atoms with Gasteiger partial charge in [0.2, 0.25) is 5.91 Å². The summed E-state index contributed by atoms with van der Waals surface area (Å²) in [6, 6.07) is 8.05. The van der Waals surface area contributed by atoms with Crippen molar-refractivity contribution in [1.29, 1.82) is 0 Å². The lowest BCUT2D eigenvalue weighted by atomic mass is 10.0. The monoisotopic (exact) mass is 468 g/mol. The van der Waals surface area contributed by atoms with Crippen LogP contribution in [0.25, 0.3) is 0 Å². The van der Waals surface area contributed by atoms with E-state index in [2.05, 4.69) is 5.32 Å². The molecule has 3 N–H and O–H groups in total. The molecule has 0 saturated carbocycles. The molecule has 1 amide bonds. The minimum Gasteiger partial charge on any atom is -0.480 e. The number of ether oxygens (including phenoxy) is 1. The van der Waals surface area contributed by atoms with Gasteiger partial charge in [-0.2, -0.15) is 0 Å². The first-order valence-electron chi connectivity index (χ1n) is 10.8. The van der Waals surface area contributed by atoms with Crippen LogP contribution in [0, 0.1) is 0 Å². The third-order valence-corrected chi connectivity index (χ3v) is 9.20. The van der Waals surface area contributed by atoms with Crippen molar-refractivity contribution >= 4 is 35.4 Å². The van der Waals surface area contributed by atoms with Gasteiger partial charge in [0, 0.05) is 31.1 Å². The smallest absolute Gasteiger partial charge is 0.326 e. The van der Waals surface area contributed by atoms with Gasteiger partial charge in [-0.05, 0) is 32.3 Å². The SMILES string of the molecule is CCOC(O)C(CCc1ccccc1)NC(C)C(=O)N1CC2(CC1C(=O)O)SCCS2. The molecule has 2 fully saturated rings. The Kier molecular flexibility index (Phi) is 8.69. The number of rotatable bonds is 10. The van der Waals surface area contributed by atoms with Crippen LogP contribution >= 0.6 is 23.5 Å². The number of nitrogens with zero attached hydrogens (tertiary/aromatic N) is 1. The van der Waals surface area contributed by atoms with Crippen LogP contribution in [-0.2, 0) is 20.7 Å². The van der Waals surface area contributed by atoms with Gasteiger partial charge < -0.3 is 19.8 Å².